The highest BCUT2D eigenvalue weighted by molar-refractivity contribution is 7.98. The van der Waals surface area contributed by atoms with Crippen LogP contribution in [0.3, 0.4) is 0 Å². The molecule has 3 aromatic rings. The smallest absolute Gasteiger partial charge is 0.189 e. The zero-order chi connectivity index (χ0) is 22.4. The maximum absolute atomic E-state index is 10.1. The van der Waals surface area contributed by atoms with E-state index in [1.54, 1.807) is 14.2 Å². The summed E-state index contributed by atoms with van der Waals surface area (Å²) in [4.78, 5) is 11.6. The first kappa shape index (κ1) is 22.4. The molecule has 3 rings (SSSR count). The average Bonchev–Trinajstić information content (AvgIpc) is 2.81. The van der Waals surface area contributed by atoms with E-state index in [1.807, 2.05) is 42.7 Å². The van der Waals surface area contributed by atoms with Crippen LogP contribution in [0.25, 0.3) is 11.3 Å². The largest absolute Gasteiger partial charge is 0.493 e. The van der Waals surface area contributed by atoms with Crippen molar-refractivity contribution in [3.63, 3.8) is 0 Å². The van der Waals surface area contributed by atoms with E-state index in [0.717, 1.165) is 11.1 Å². The predicted octanol–water partition coefficient (Wildman–Crippen LogP) is 5.17. The van der Waals surface area contributed by atoms with Crippen LogP contribution >= 0.6 is 11.8 Å². The Morgan fingerprint density at radius 1 is 1.03 bits per heavy atom. The lowest BCUT2D eigenvalue weighted by molar-refractivity contribution is 0.355. The van der Waals surface area contributed by atoms with Crippen molar-refractivity contribution in [2.75, 3.05) is 25.4 Å². The van der Waals surface area contributed by atoms with Crippen LogP contribution in [0.15, 0.2) is 53.7 Å². The summed E-state index contributed by atoms with van der Waals surface area (Å²) in [5.74, 6) is 1.84. The molecule has 0 atom stereocenters. The Kier molecular flexibility index (Phi) is 7.37. The van der Waals surface area contributed by atoms with Gasteiger partial charge < -0.3 is 14.4 Å². The molecule has 0 amide bonds. The van der Waals surface area contributed by atoms with Gasteiger partial charge in [-0.1, -0.05) is 42.1 Å². The fourth-order valence-electron chi connectivity index (χ4n) is 3.31. The summed E-state index contributed by atoms with van der Waals surface area (Å²) in [6.07, 6.45) is 1.93. The van der Waals surface area contributed by atoms with Crippen LogP contribution in [0.5, 0.6) is 11.5 Å². The summed E-state index contributed by atoms with van der Waals surface area (Å²) in [6.45, 7) is 4.84. The summed E-state index contributed by atoms with van der Waals surface area (Å²) >= 11 is 1.45. The lowest BCUT2D eigenvalue weighted by Crippen LogP contribution is -2.32. The van der Waals surface area contributed by atoms with Gasteiger partial charge in [0.2, 0.25) is 0 Å². The van der Waals surface area contributed by atoms with E-state index < -0.39 is 0 Å². The Hall–Kier alpha value is -3.24. The number of benzene rings is 2. The number of nitrogens with zero attached hydrogens (tertiary/aromatic N) is 4. The molecule has 1 heterocycles. The van der Waals surface area contributed by atoms with E-state index in [0.29, 0.717) is 40.3 Å². The molecule has 0 N–H and O–H groups in total. The number of thioether (sulfide) groups is 1. The van der Waals surface area contributed by atoms with Gasteiger partial charge in [-0.25, -0.2) is 9.97 Å². The molecular formula is C24H26N4O2S. The molecule has 0 radical (unpaired) electrons. The van der Waals surface area contributed by atoms with E-state index in [1.165, 1.54) is 11.8 Å². The van der Waals surface area contributed by atoms with Gasteiger partial charge in [0.1, 0.15) is 11.6 Å². The van der Waals surface area contributed by atoms with Crippen molar-refractivity contribution in [2.45, 2.75) is 31.6 Å². The van der Waals surface area contributed by atoms with Crippen molar-refractivity contribution in [2.24, 2.45) is 0 Å². The highest BCUT2D eigenvalue weighted by Crippen LogP contribution is 2.36. The van der Waals surface area contributed by atoms with Crippen LogP contribution in [-0.2, 0) is 6.54 Å². The number of aromatic nitrogens is 2. The summed E-state index contributed by atoms with van der Waals surface area (Å²) in [5.41, 5.74) is 2.94. The normalized spacial score (nSPS) is 10.6. The summed E-state index contributed by atoms with van der Waals surface area (Å²) in [7, 11) is 3.18. The molecule has 0 fully saturated rings. The third kappa shape index (κ3) is 4.92. The van der Waals surface area contributed by atoms with Crippen LogP contribution < -0.4 is 14.4 Å². The Balaban J connectivity index is 2.19. The number of methoxy groups -OCH3 is 2. The number of hydrogen-bond acceptors (Lipinski definition) is 7. The minimum absolute atomic E-state index is 0.134. The molecule has 0 bridgehead atoms. The molecule has 2 aromatic carbocycles. The van der Waals surface area contributed by atoms with Gasteiger partial charge in [0.05, 0.1) is 19.9 Å². The highest BCUT2D eigenvalue weighted by atomic mass is 32.2. The minimum atomic E-state index is 0.134. The number of nitriles is 1. The van der Waals surface area contributed by atoms with Crippen LogP contribution in [0.4, 0.5) is 5.82 Å². The molecule has 1 aromatic heterocycles. The average molecular weight is 435 g/mol. The van der Waals surface area contributed by atoms with Crippen molar-refractivity contribution in [1.29, 1.82) is 5.26 Å². The van der Waals surface area contributed by atoms with E-state index in [4.69, 9.17) is 14.5 Å². The Morgan fingerprint density at radius 3 is 2.32 bits per heavy atom. The first-order valence-corrected chi connectivity index (χ1v) is 11.1. The van der Waals surface area contributed by atoms with Crippen molar-refractivity contribution in [1.82, 2.24) is 9.97 Å². The molecule has 7 heteroatoms. The molecule has 0 saturated heterocycles. The standard InChI is InChI=1S/C24H26N4O2S/c1-16(2)28(15-17-9-7-6-8-10-17)23-19(14-25)22(26-24(27-23)31-5)18-11-12-20(29-3)21(13-18)30-4/h6-13,16H,15H2,1-5H3. The maximum Gasteiger partial charge on any atom is 0.189 e. The van der Waals surface area contributed by atoms with Crippen LogP contribution in [0.2, 0.25) is 0 Å². The molecular weight excluding hydrogens is 408 g/mol. The SMILES string of the molecule is COc1ccc(-c2nc(SC)nc(N(Cc3ccccc3)C(C)C)c2C#N)cc1OC. The monoisotopic (exact) mass is 434 g/mol. The van der Waals surface area contributed by atoms with Crippen molar-refractivity contribution in [3.05, 3.63) is 59.7 Å². The number of hydrogen-bond donors (Lipinski definition) is 0. The van der Waals surface area contributed by atoms with Crippen LogP contribution in [-0.4, -0.2) is 36.5 Å². The van der Waals surface area contributed by atoms with E-state index in [2.05, 4.69) is 41.9 Å². The van der Waals surface area contributed by atoms with Crippen molar-refractivity contribution < 1.29 is 9.47 Å². The van der Waals surface area contributed by atoms with Gasteiger partial charge in [-0.05, 0) is 43.9 Å². The van der Waals surface area contributed by atoms with Crippen molar-refractivity contribution >= 4 is 17.6 Å². The quantitative estimate of drug-likeness (QED) is 0.358. The Labute approximate surface area is 187 Å². The zero-order valence-electron chi connectivity index (χ0n) is 18.4. The highest BCUT2D eigenvalue weighted by Gasteiger charge is 2.23. The molecule has 0 unspecified atom stereocenters. The second kappa shape index (κ2) is 10.2. The van der Waals surface area contributed by atoms with Gasteiger partial charge in [-0.15, -0.1) is 0 Å². The molecule has 0 saturated carbocycles. The third-order valence-electron chi connectivity index (χ3n) is 4.91. The lowest BCUT2D eigenvalue weighted by Gasteiger charge is -2.29. The van der Waals surface area contributed by atoms with Gasteiger partial charge in [-0.2, -0.15) is 5.26 Å². The Morgan fingerprint density at radius 2 is 1.74 bits per heavy atom. The topological polar surface area (TPSA) is 71.3 Å². The summed E-state index contributed by atoms with van der Waals surface area (Å²) in [6, 6.07) is 18.2. The van der Waals surface area contributed by atoms with Gasteiger partial charge in [0, 0.05) is 18.2 Å². The second-order valence-electron chi connectivity index (χ2n) is 7.15. The molecule has 0 spiro atoms. The first-order chi connectivity index (χ1) is 15.0. The Bertz CT molecular complexity index is 1080. The fourth-order valence-corrected chi connectivity index (χ4v) is 3.67. The zero-order valence-corrected chi connectivity index (χ0v) is 19.2. The third-order valence-corrected chi connectivity index (χ3v) is 5.46. The maximum atomic E-state index is 10.1. The number of anilines is 1. The molecule has 0 aliphatic carbocycles. The van der Waals surface area contributed by atoms with E-state index in [9.17, 15) is 5.26 Å². The van der Waals surface area contributed by atoms with E-state index in [-0.39, 0.29) is 6.04 Å². The first-order valence-electron chi connectivity index (χ1n) is 9.91. The van der Waals surface area contributed by atoms with Crippen molar-refractivity contribution in [3.8, 4) is 28.8 Å². The van der Waals surface area contributed by atoms with Crippen LogP contribution in [0.1, 0.15) is 25.0 Å². The molecule has 160 valence electrons. The molecule has 0 aliphatic rings. The fraction of sp³-hybridized carbons (Fsp3) is 0.292. The minimum Gasteiger partial charge on any atom is -0.493 e. The predicted molar refractivity (Wildman–Crippen MR) is 125 cm³/mol. The van der Waals surface area contributed by atoms with E-state index >= 15 is 0 Å². The molecule has 31 heavy (non-hydrogen) atoms. The van der Waals surface area contributed by atoms with Gasteiger partial charge in [0.25, 0.3) is 0 Å². The number of ether oxygens (including phenoxy) is 2. The molecule has 6 nitrogen and oxygen atoms in total. The van der Waals surface area contributed by atoms with Gasteiger partial charge in [-0.3, -0.25) is 0 Å². The van der Waals surface area contributed by atoms with Gasteiger partial charge >= 0.3 is 0 Å². The summed E-state index contributed by atoms with van der Waals surface area (Å²) < 4.78 is 10.8. The summed E-state index contributed by atoms with van der Waals surface area (Å²) in [5, 5.41) is 10.7. The van der Waals surface area contributed by atoms with Gasteiger partial charge in [0.15, 0.2) is 22.5 Å². The molecule has 0 aliphatic heterocycles. The second-order valence-corrected chi connectivity index (χ2v) is 7.92. The number of rotatable bonds is 8. The van der Waals surface area contributed by atoms with Crippen LogP contribution in [0, 0.1) is 11.3 Å². The lowest BCUT2D eigenvalue weighted by atomic mass is 10.0.